The fourth-order valence-electron chi connectivity index (χ4n) is 2.73. The van der Waals surface area contributed by atoms with Crippen LogP contribution in [0.2, 0.25) is 0 Å². The van der Waals surface area contributed by atoms with Crippen LogP contribution in [0.15, 0.2) is 22.6 Å². The molecular weight excluding hydrogens is 296 g/mol. The monoisotopic (exact) mass is 318 g/mol. The lowest BCUT2D eigenvalue weighted by molar-refractivity contribution is -0.130. The van der Waals surface area contributed by atoms with E-state index >= 15 is 0 Å². The number of hydrogen-bond donors (Lipinski definition) is 2. The van der Waals surface area contributed by atoms with Crippen LogP contribution in [0.1, 0.15) is 12.8 Å². The van der Waals surface area contributed by atoms with E-state index in [1.807, 2.05) is 32.3 Å². The average molecular weight is 318 g/mol. The van der Waals surface area contributed by atoms with Crippen molar-refractivity contribution in [2.24, 2.45) is 11.1 Å². The van der Waals surface area contributed by atoms with Crippen LogP contribution in [0.25, 0.3) is 11.1 Å². The standard InChI is InChI=1S/C16H22N4O3/c1-20(2)15-19-12-9-11(3-4-13(12)23-15)18-14(21)16(10-17)5-7-22-8-6-16/h3-4,9H,5-8,10,17H2,1-2H3,(H,18,21). The second kappa shape index (κ2) is 6.17. The van der Waals surface area contributed by atoms with Gasteiger partial charge in [-0.2, -0.15) is 4.98 Å². The molecule has 0 bridgehead atoms. The van der Waals surface area contributed by atoms with Crippen molar-refractivity contribution in [3.05, 3.63) is 18.2 Å². The lowest BCUT2D eigenvalue weighted by Gasteiger charge is -2.34. The first-order valence-electron chi connectivity index (χ1n) is 7.71. The lowest BCUT2D eigenvalue weighted by atomic mass is 9.79. The van der Waals surface area contributed by atoms with E-state index < -0.39 is 5.41 Å². The molecule has 1 aliphatic heterocycles. The van der Waals surface area contributed by atoms with Crippen molar-refractivity contribution >= 4 is 28.7 Å². The minimum atomic E-state index is -0.550. The first-order valence-corrected chi connectivity index (χ1v) is 7.71. The molecule has 2 heterocycles. The van der Waals surface area contributed by atoms with Gasteiger partial charge in [-0.15, -0.1) is 0 Å². The van der Waals surface area contributed by atoms with Crippen molar-refractivity contribution in [1.29, 1.82) is 0 Å². The van der Waals surface area contributed by atoms with Crippen molar-refractivity contribution in [3.8, 4) is 0 Å². The number of ether oxygens (including phenoxy) is 1. The maximum absolute atomic E-state index is 12.7. The van der Waals surface area contributed by atoms with Crippen LogP contribution in [0.4, 0.5) is 11.7 Å². The minimum absolute atomic E-state index is 0.0565. The van der Waals surface area contributed by atoms with Gasteiger partial charge in [-0.25, -0.2) is 0 Å². The summed E-state index contributed by atoms with van der Waals surface area (Å²) >= 11 is 0. The SMILES string of the molecule is CN(C)c1nc2cc(NC(=O)C3(CN)CCOCC3)ccc2o1. The van der Waals surface area contributed by atoms with Crippen LogP contribution in [0.3, 0.4) is 0 Å². The van der Waals surface area contributed by atoms with Crippen LogP contribution in [-0.4, -0.2) is 44.7 Å². The largest absolute Gasteiger partial charge is 0.423 e. The highest BCUT2D eigenvalue weighted by atomic mass is 16.5. The Morgan fingerprint density at radius 2 is 2.13 bits per heavy atom. The van der Waals surface area contributed by atoms with Gasteiger partial charge < -0.3 is 25.1 Å². The summed E-state index contributed by atoms with van der Waals surface area (Å²) in [5.74, 6) is -0.0565. The maximum atomic E-state index is 12.7. The van der Waals surface area contributed by atoms with Crippen LogP contribution in [-0.2, 0) is 9.53 Å². The lowest BCUT2D eigenvalue weighted by Crippen LogP contribution is -2.46. The van der Waals surface area contributed by atoms with E-state index in [2.05, 4.69) is 10.3 Å². The molecule has 2 aromatic rings. The average Bonchev–Trinajstić information content (AvgIpc) is 2.99. The highest BCUT2D eigenvalue weighted by molar-refractivity contribution is 5.97. The summed E-state index contributed by atoms with van der Waals surface area (Å²) in [6.45, 7) is 1.46. The number of nitrogens with zero attached hydrogens (tertiary/aromatic N) is 2. The normalized spacial score (nSPS) is 17.2. The van der Waals surface area contributed by atoms with Gasteiger partial charge in [-0.05, 0) is 31.0 Å². The van der Waals surface area contributed by atoms with Crippen LogP contribution < -0.4 is 16.0 Å². The molecule has 124 valence electrons. The van der Waals surface area contributed by atoms with E-state index in [0.717, 1.165) is 0 Å². The van der Waals surface area contributed by atoms with Gasteiger partial charge in [-0.1, -0.05) is 0 Å². The number of anilines is 2. The van der Waals surface area contributed by atoms with E-state index in [1.54, 1.807) is 4.90 Å². The number of aromatic nitrogens is 1. The summed E-state index contributed by atoms with van der Waals surface area (Å²) in [5, 5.41) is 2.96. The first-order chi connectivity index (χ1) is 11.0. The molecule has 23 heavy (non-hydrogen) atoms. The highest BCUT2D eigenvalue weighted by Gasteiger charge is 2.38. The second-order valence-corrected chi connectivity index (χ2v) is 6.12. The number of nitrogens with two attached hydrogens (primary N) is 1. The van der Waals surface area contributed by atoms with E-state index in [0.29, 0.717) is 55.4 Å². The predicted octanol–water partition coefficient (Wildman–Crippen LogP) is 1.59. The van der Waals surface area contributed by atoms with Crippen molar-refractivity contribution in [3.63, 3.8) is 0 Å². The van der Waals surface area contributed by atoms with Crippen molar-refractivity contribution < 1.29 is 13.9 Å². The number of rotatable bonds is 4. The number of amides is 1. The van der Waals surface area contributed by atoms with E-state index in [9.17, 15) is 4.79 Å². The molecule has 7 heteroatoms. The third-order valence-corrected chi connectivity index (χ3v) is 4.34. The van der Waals surface area contributed by atoms with Crippen molar-refractivity contribution in [1.82, 2.24) is 4.98 Å². The first kappa shape index (κ1) is 15.8. The fraction of sp³-hybridized carbons (Fsp3) is 0.500. The molecule has 0 radical (unpaired) electrons. The highest BCUT2D eigenvalue weighted by Crippen LogP contribution is 2.31. The van der Waals surface area contributed by atoms with Gasteiger partial charge in [0.15, 0.2) is 5.58 Å². The molecule has 0 spiro atoms. The molecule has 0 unspecified atom stereocenters. The molecule has 0 atom stereocenters. The molecule has 1 aromatic heterocycles. The van der Waals surface area contributed by atoms with Gasteiger partial charge in [0.2, 0.25) is 5.91 Å². The Morgan fingerprint density at radius 1 is 1.39 bits per heavy atom. The van der Waals surface area contributed by atoms with Crippen LogP contribution in [0, 0.1) is 5.41 Å². The third kappa shape index (κ3) is 3.02. The Bertz CT molecular complexity index is 704. The van der Waals surface area contributed by atoms with Crippen LogP contribution in [0.5, 0.6) is 0 Å². The summed E-state index contributed by atoms with van der Waals surface area (Å²) in [4.78, 5) is 18.9. The van der Waals surface area contributed by atoms with Crippen molar-refractivity contribution in [2.75, 3.05) is 44.1 Å². The van der Waals surface area contributed by atoms with Gasteiger partial charge in [0.05, 0.1) is 5.41 Å². The molecule has 0 aliphatic carbocycles. The fourth-order valence-corrected chi connectivity index (χ4v) is 2.73. The number of nitrogens with one attached hydrogen (secondary N) is 1. The number of fused-ring (bicyclic) bond motifs is 1. The van der Waals surface area contributed by atoms with Crippen molar-refractivity contribution in [2.45, 2.75) is 12.8 Å². The number of oxazole rings is 1. The Kier molecular flexibility index (Phi) is 4.23. The Balaban J connectivity index is 1.81. The Labute approximate surface area is 134 Å². The number of carbonyl (C=O) groups excluding carboxylic acids is 1. The number of carbonyl (C=O) groups is 1. The maximum Gasteiger partial charge on any atom is 0.297 e. The van der Waals surface area contributed by atoms with E-state index in [-0.39, 0.29) is 5.91 Å². The Hall–Kier alpha value is -2.12. The zero-order valence-electron chi connectivity index (χ0n) is 13.5. The minimum Gasteiger partial charge on any atom is -0.423 e. The third-order valence-electron chi connectivity index (χ3n) is 4.34. The van der Waals surface area contributed by atoms with Gasteiger partial charge in [-0.3, -0.25) is 4.79 Å². The molecule has 7 nitrogen and oxygen atoms in total. The summed E-state index contributed by atoms with van der Waals surface area (Å²) in [7, 11) is 3.73. The molecule has 1 fully saturated rings. The van der Waals surface area contributed by atoms with Gasteiger partial charge in [0.1, 0.15) is 5.52 Å². The molecule has 3 N–H and O–H groups in total. The molecule has 1 saturated heterocycles. The Morgan fingerprint density at radius 3 is 2.78 bits per heavy atom. The molecule has 0 saturated carbocycles. The summed E-state index contributed by atoms with van der Waals surface area (Å²) in [6.07, 6.45) is 1.29. The number of benzene rings is 1. The molecule has 3 rings (SSSR count). The summed E-state index contributed by atoms with van der Waals surface area (Å²) in [6, 6.07) is 5.97. The molecule has 1 aliphatic rings. The van der Waals surface area contributed by atoms with Gasteiger partial charge in [0.25, 0.3) is 6.01 Å². The zero-order valence-corrected chi connectivity index (χ0v) is 13.5. The summed E-state index contributed by atoms with van der Waals surface area (Å²) in [5.41, 5.74) is 7.41. The molecule has 1 aromatic carbocycles. The van der Waals surface area contributed by atoms with E-state index in [4.69, 9.17) is 14.9 Å². The van der Waals surface area contributed by atoms with E-state index in [1.165, 1.54) is 0 Å². The van der Waals surface area contributed by atoms with Gasteiger partial charge in [0, 0.05) is 39.5 Å². The van der Waals surface area contributed by atoms with Crippen LogP contribution >= 0.6 is 0 Å². The summed E-state index contributed by atoms with van der Waals surface area (Å²) < 4.78 is 11.0. The second-order valence-electron chi connectivity index (χ2n) is 6.12. The molecule has 1 amide bonds. The zero-order chi connectivity index (χ0) is 16.4. The smallest absolute Gasteiger partial charge is 0.297 e. The quantitative estimate of drug-likeness (QED) is 0.889. The predicted molar refractivity (Wildman–Crippen MR) is 88.5 cm³/mol. The topological polar surface area (TPSA) is 93.6 Å². The number of hydrogen-bond acceptors (Lipinski definition) is 6. The molecular formula is C16H22N4O3. The van der Waals surface area contributed by atoms with Gasteiger partial charge >= 0.3 is 0 Å².